The quantitative estimate of drug-likeness (QED) is 0.750. The smallest absolute Gasteiger partial charge is 0.244 e. The molecule has 1 aliphatic rings. The van der Waals surface area contributed by atoms with E-state index in [4.69, 9.17) is 0 Å². The van der Waals surface area contributed by atoms with E-state index in [0.717, 1.165) is 5.75 Å². The average molecular weight is 407 g/mol. The number of carbonyl (C=O) groups is 1. The zero-order valence-corrected chi connectivity index (χ0v) is 15.6. The van der Waals surface area contributed by atoms with Crippen LogP contribution in [0.3, 0.4) is 0 Å². The normalized spacial score (nSPS) is 16.7. The van der Waals surface area contributed by atoms with Crippen LogP contribution in [0.5, 0.6) is 0 Å². The Balaban J connectivity index is 2.02. The number of thioether (sulfide) groups is 1. The molecule has 8 heteroatoms. The van der Waals surface area contributed by atoms with Gasteiger partial charge in [0.25, 0.3) is 0 Å². The number of carbonyl (C=O) groups excluding carboxylic acids is 1. The van der Waals surface area contributed by atoms with Gasteiger partial charge in [-0.05, 0) is 34.3 Å². The molecule has 1 aliphatic heterocycles. The van der Waals surface area contributed by atoms with Gasteiger partial charge in [0, 0.05) is 42.8 Å². The lowest BCUT2D eigenvalue weighted by Gasteiger charge is -2.34. The van der Waals surface area contributed by atoms with Crippen molar-refractivity contribution in [3.05, 3.63) is 28.7 Å². The fourth-order valence-electron chi connectivity index (χ4n) is 2.32. The Morgan fingerprint density at radius 3 is 2.45 bits per heavy atom. The highest BCUT2D eigenvalue weighted by molar-refractivity contribution is 9.10. The number of sulfonamides is 1. The predicted octanol–water partition coefficient (Wildman–Crippen LogP) is 2.04. The van der Waals surface area contributed by atoms with Crippen LogP contribution in [0.2, 0.25) is 0 Å². The van der Waals surface area contributed by atoms with E-state index in [0.29, 0.717) is 37.1 Å². The van der Waals surface area contributed by atoms with Crippen molar-refractivity contribution in [2.45, 2.75) is 11.3 Å². The van der Waals surface area contributed by atoms with Gasteiger partial charge in [-0.3, -0.25) is 4.79 Å². The van der Waals surface area contributed by atoms with Crippen molar-refractivity contribution in [1.82, 2.24) is 9.21 Å². The number of benzene rings is 1. The maximum absolute atomic E-state index is 12.6. The molecule has 122 valence electrons. The van der Waals surface area contributed by atoms with Gasteiger partial charge in [-0.25, -0.2) is 8.42 Å². The number of nitrogens with zero attached hydrogens (tertiary/aromatic N) is 2. The first-order chi connectivity index (χ1) is 10.5. The predicted molar refractivity (Wildman–Crippen MR) is 92.5 cm³/mol. The molecule has 22 heavy (non-hydrogen) atoms. The van der Waals surface area contributed by atoms with Crippen LogP contribution in [0.4, 0.5) is 0 Å². The van der Waals surface area contributed by atoms with Crippen LogP contribution >= 0.6 is 27.7 Å². The van der Waals surface area contributed by atoms with Gasteiger partial charge >= 0.3 is 0 Å². The van der Waals surface area contributed by atoms with Gasteiger partial charge in [0.2, 0.25) is 15.9 Å². The lowest BCUT2D eigenvalue weighted by Crippen LogP contribution is -2.50. The summed E-state index contributed by atoms with van der Waals surface area (Å²) < 4.78 is 27.3. The number of piperazine rings is 1. The Kier molecular flexibility index (Phi) is 6.31. The highest BCUT2D eigenvalue weighted by Crippen LogP contribution is 2.25. The molecule has 1 heterocycles. The maximum atomic E-state index is 12.6. The van der Waals surface area contributed by atoms with Crippen LogP contribution < -0.4 is 0 Å². The second-order valence-corrected chi connectivity index (χ2v) is 8.70. The Hall–Kier alpha value is -0.570. The molecule has 1 saturated heterocycles. The van der Waals surface area contributed by atoms with Crippen molar-refractivity contribution < 1.29 is 13.2 Å². The van der Waals surface area contributed by atoms with E-state index in [9.17, 15) is 13.2 Å². The third kappa shape index (κ3) is 4.04. The minimum absolute atomic E-state index is 0.104. The molecule has 0 unspecified atom stereocenters. The molecule has 1 fully saturated rings. The highest BCUT2D eigenvalue weighted by Gasteiger charge is 2.30. The molecule has 0 radical (unpaired) electrons. The standard InChI is InChI=1S/C14H19BrN2O3S2/c1-21-11-6-14(18)16-7-9-17(10-8-16)22(19,20)13-5-3-2-4-12(13)15/h2-5H,6-11H2,1H3. The monoisotopic (exact) mass is 406 g/mol. The van der Waals surface area contributed by atoms with Crippen LogP contribution in [0.25, 0.3) is 0 Å². The summed E-state index contributed by atoms with van der Waals surface area (Å²) in [6.07, 6.45) is 2.48. The van der Waals surface area contributed by atoms with Gasteiger partial charge in [0.05, 0.1) is 4.90 Å². The lowest BCUT2D eigenvalue weighted by molar-refractivity contribution is -0.131. The summed E-state index contributed by atoms with van der Waals surface area (Å²) in [6.45, 7) is 1.59. The van der Waals surface area contributed by atoms with E-state index in [1.165, 1.54) is 4.31 Å². The zero-order chi connectivity index (χ0) is 16.2. The third-order valence-corrected chi connectivity index (χ3v) is 7.09. The molecule has 5 nitrogen and oxygen atoms in total. The Labute approximate surface area is 144 Å². The maximum Gasteiger partial charge on any atom is 0.244 e. The van der Waals surface area contributed by atoms with E-state index in [2.05, 4.69) is 15.9 Å². The molecule has 0 N–H and O–H groups in total. The zero-order valence-electron chi connectivity index (χ0n) is 12.4. The molecular weight excluding hydrogens is 388 g/mol. The van der Waals surface area contributed by atoms with Crippen LogP contribution in [-0.2, 0) is 14.8 Å². The minimum Gasteiger partial charge on any atom is -0.340 e. The highest BCUT2D eigenvalue weighted by atomic mass is 79.9. The molecule has 0 bridgehead atoms. The summed E-state index contributed by atoms with van der Waals surface area (Å²) >= 11 is 4.93. The number of amides is 1. The van der Waals surface area contributed by atoms with E-state index in [1.54, 1.807) is 40.9 Å². The summed E-state index contributed by atoms with van der Waals surface area (Å²) in [6, 6.07) is 6.80. The SMILES string of the molecule is CSCCC(=O)N1CCN(S(=O)(=O)c2ccccc2Br)CC1. The van der Waals surface area contributed by atoms with Crippen molar-refractivity contribution in [2.75, 3.05) is 38.2 Å². The number of hydrogen-bond donors (Lipinski definition) is 0. The van der Waals surface area contributed by atoms with Gasteiger partial charge < -0.3 is 4.90 Å². The topological polar surface area (TPSA) is 57.7 Å². The van der Waals surface area contributed by atoms with Crippen LogP contribution in [0.1, 0.15) is 6.42 Å². The van der Waals surface area contributed by atoms with Gasteiger partial charge in [-0.1, -0.05) is 12.1 Å². The second kappa shape index (κ2) is 7.81. The molecule has 2 rings (SSSR count). The second-order valence-electron chi connectivity index (χ2n) is 4.96. The van der Waals surface area contributed by atoms with E-state index in [-0.39, 0.29) is 10.8 Å². The molecule has 0 aliphatic carbocycles. The minimum atomic E-state index is -3.51. The van der Waals surface area contributed by atoms with E-state index in [1.807, 2.05) is 6.26 Å². The Morgan fingerprint density at radius 2 is 1.86 bits per heavy atom. The first-order valence-corrected chi connectivity index (χ1v) is 10.6. The summed E-state index contributed by atoms with van der Waals surface area (Å²) in [4.78, 5) is 14.0. The molecule has 1 aromatic carbocycles. The fraction of sp³-hybridized carbons (Fsp3) is 0.500. The third-order valence-electron chi connectivity index (χ3n) is 3.57. The van der Waals surface area contributed by atoms with Crippen LogP contribution in [0, 0.1) is 0 Å². The number of halogens is 1. The summed E-state index contributed by atoms with van der Waals surface area (Å²) in [5.41, 5.74) is 0. The summed E-state index contributed by atoms with van der Waals surface area (Å²) in [7, 11) is -3.51. The molecule has 1 aromatic rings. The van der Waals surface area contributed by atoms with Gasteiger partial charge in [-0.2, -0.15) is 16.1 Å². The lowest BCUT2D eigenvalue weighted by atomic mass is 10.3. The van der Waals surface area contributed by atoms with E-state index < -0.39 is 10.0 Å². The summed E-state index contributed by atoms with van der Waals surface area (Å²) in [5.74, 6) is 0.904. The largest absolute Gasteiger partial charge is 0.340 e. The molecule has 0 aromatic heterocycles. The number of hydrogen-bond acceptors (Lipinski definition) is 4. The molecular formula is C14H19BrN2O3S2. The van der Waals surface area contributed by atoms with Gasteiger partial charge in [0.15, 0.2) is 0 Å². The van der Waals surface area contributed by atoms with Crippen molar-refractivity contribution >= 4 is 43.6 Å². The van der Waals surface area contributed by atoms with Gasteiger partial charge in [-0.15, -0.1) is 0 Å². The molecule has 1 amide bonds. The summed E-state index contributed by atoms with van der Waals surface area (Å²) in [5, 5.41) is 0. The number of rotatable bonds is 5. The van der Waals surface area contributed by atoms with Crippen LogP contribution in [0.15, 0.2) is 33.6 Å². The van der Waals surface area contributed by atoms with Gasteiger partial charge in [0.1, 0.15) is 0 Å². The Bertz CT molecular complexity index is 629. The van der Waals surface area contributed by atoms with Crippen molar-refractivity contribution in [3.63, 3.8) is 0 Å². The van der Waals surface area contributed by atoms with Crippen molar-refractivity contribution in [1.29, 1.82) is 0 Å². The fourth-order valence-corrected chi connectivity index (χ4v) is 5.08. The molecule has 0 saturated carbocycles. The van der Waals surface area contributed by atoms with Crippen molar-refractivity contribution in [3.8, 4) is 0 Å². The molecule has 0 atom stereocenters. The van der Waals surface area contributed by atoms with Crippen molar-refractivity contribution in [2.24, 2.45) is 0 Å². The van der Waals surface area contributed by atoms with Crippen LogP contribution in [-0.4, -0.2) is 61.7 Å². The average Bonchev–Trinajstić information content (AvgIpc) is 2.53. The molecule has 0 spiro atoms. The van der Waals surface area contributed by atoms with E-state index >= 15 is 0 Å². The first-order valence-electron chi connectivity index (χ1n) is 6.98. The first kappa shape index (κ1) is 17.8. The Morgan fingerprint density at radius 1 is 1.23 bits per heavy atom.